The van der Waals surface area contributed by atoms with Crippen LogP contribution in [0.5, 0.6) is 0 Å². The molecule has 0 aliphatic carbocycles. The number of rotatable bonds is 8. The van der Waals surface area contributed by atoms with Gasteiger partial charge in [-0.05, 0) is 12.8 Å². The molecule has 0 fully saturated rings. The molecule has 1 N–H and O–H groups in total. The maximum Gasteiger partial charge on any atom is 0.329 e. The Morgan fingerprint density at radius 3 is 1.69 bits per heavy atom. The molecule has 0 aromatic carbocycles. The molecule has 0 saturated carbocycles. The van der Waals surface area contributed by atoms with Crippen LogP contribution < -0.4 is 0 Å². The van der Waals surface area contributed by atoms with Crippen LogP contribution in [0.15, 0.2) is 0 Å². The topological polar surface area (TPSA) is 38.7 Å². The molecule has 5 heteroatoms. The van der Waals surface area contributed by atoms with Gasteiger partial charge in [-0.1, -0.05) is 26.7 Å². The first-order chi connectivity index (χ1) is 5.81. The molecule has 0 rings (SSSR count). The molecule has 0 aromatic rings. The van der Waals surface area contributed by atoms with Crippen molar-refractivity contribution in [2.75, 3.05) is 13.2 Å². The Morgan fingerprint density at radius 1 is 1.00 bits per heavy atom. The molecule has 0 saturated heterocycles. The van der Waals surface area contributed by atoms with E-state index in [4.69, 9.17) is 13.9 Å². The molecular weight excluding hydrogens is 186 g/mol. The maximum atomic E-state index is 9.12. The minimum Gasteiger partial charge on any atom is -0.328 e. The first-order valence-corrected chi connectivity index (χ1v) is 5.69. The fraction of sp³-hybridized carbons (Fsp3) is 1.00. The first kappa shape index (κ1) is 15.8. The molecule has 0 heterocycles. The van der Waals surface area contributed by atoms with Gasteiger partial charge in [0.05, 0.1) is 21.6 Å². The van der Waals surface area contributed by atoms with Crippen LogP contribution in [-0.4, -0.2) is 26.5 Å². The standard InChI is InChI=1S/C8H19O3P.BH3/c1-3-5-7-10-12(9)11-8-6-4-2;/h9H,3-8H2,1-2H3;1H3. The van der Waals surface area contributed by atoms with Crippen LogP contribution in [0.25, 0.3) is 0 Å². The van der Waals surface area contributed by atoms with E-state index in [9.17, 15) is 0 Å². The van der Waals surface area contributed by atoms with Gasteiger partial charge in [0.2, 0.25) is 0 Å². The normalized spacial score (nSPS) is 10.2. The van der Waals surface area contributed by atoms with Gasteiger partial charge in [0.25, 0.3) is 0 Å². The highest BCUT2D eigenvalue weighted by molar-refractivity contribution is 7.40. The Balaban J connectivity index is 0. The quantitative estimate of drug-likeness (QED) is 0.374. The third-order valence-electron chi connectivity index (χ3n) is 1.40. The molecule has 0 radical (unpaired) electrons. The summed E-state index contributed by atoms with van der Waals surface area (Å²) in [6, 6.07) is 0. The SMILES string of the molecule is B.CCCCOP(O)OCCCC. The summed E-state index contributed by atoms with van der Waals surface area (Å²) in [4.78, 5) is 9.12. The predicted octanol–water partition coefficient (Wildman–Crippen LogP) is 1.66. The summed E-state index contributed by atoms with van der Waals surface area (Å²) in [5.74, 6) is 0. The molecular formula is C8H22BO3P. The highest BCUT2D eigenvalue weighted by atomic mass is 31.2. The molecule has 0 unspecified atom stereocenters. The second-order valence-electron chi connectivity index (χ2n) is 2.61. The highest BCUT2D eigenvalue weighted by Crippen LogP contribution is 2.32. The second kappa shape index (κ2) is 12.4. The lowest BCUT2D eigenvalue weighted by Gasteiger charge is -2.09. The van der Waals surface area contributed by atoms with Gasteiger partial charge in [-0.15, -0.1) is 0 Å². The summed E-state index contributed by atoms with van der Waals surface area (Å²) < 4.78 is 10.1. The number of hydrogen-bond acceptors (Lipinski definition) is 3. The van der Waals surface area contributed by atoms with E-state index in [2.05, 4.69) is 13.8 Å². The minimum atomic E-state index is -1.60. The third kappa shape index (κ3) is 12.4. The van der Waals surface area contributed by atoms with E-state index in [-0.39, 0.29) is 8.41 Å². The number of unbranched alkanes of at least 4 members (excludes halogenated alkanes) is 2. The lowest BCUT2D eigenvalue weighted by molar-refractivity contribution is 0.196. The predicted molar refractivity (Wildman–Crippen MR) is 60.8 cm³/mol. The van der Waals surface area contributed by atoms with E-state index in [1.54, 1.807) is 0 Å². The van der Waals surface area contributed by atoms with Crippen molar-refractivity contribution in [1.82, 2.24) is 0 Å². The van der Waals surface area contributed by atoms with Gasteiger partial charge in [-0.2, -0.15) is 0 Å². The zero-order valence-corrected chi connectivity index (χ0v) is 8.85. The van der Waals surface area contributed by atoms with Crippen molar-refractivity contribution >= 4 is 17.0 Å². The fourth-order valence-electron chi connectivity index (χ4n) is 0.611. The molecule has 0 aromatic heterocycles. The third-order valence-corrected chi connectivity index (χ3v) is 2.21. The minimum absolute atomic E-state index is 0. The van der Waals surface area contributed by atoms with Crippen molar-refractivity contribution in [3.8, 4) is 0 Å². The summed E-state index contributed by atoms with van der Waals surface area (Å²) in [5.41, 5.74) is 0. The van der Waals surface area contributed by atoms with E-state index in [1.165, 1.54) is 0 Å². The molecule has 80 valence electrons. The van der Waals surface area contributed by atoms with Gasteiger partial charge in [0.1, 0.15) is 0 Å². The van der Waals surface area contributed by atoms with E-state index in [0.29, 0.717) is 13.2 Å². The second-order valence-corrected chi connectivity index (χ2v) is 3.60. The van der Waals surface area contributed by atoms with Crippen molar-refractivity contribution in [2.24, 2.45) is 0 Å². The Hall–Kier alpha value is 0.375. The summed E-state index contributed by atoms with van der Waals surface area (Å²) in [6.07, 6.45) is 4.13. The van der Waals surface area contributed by atoms with Crippen molar-refractivity contribution < 1.29 is 13.9 Å². The average molecular weight is 208 g/mol. The van der Waals surface area contributed by atoms with Crippen molar-refractivity contribution in [3.05, 3.63) is 0 Å². The van der Waals surface area contributed by atoms with Gasteiger partial charge in [-0.3, -0.25) is 0 Å². The number of hydrogen-bond donors (Lipinski definition) is 1. The van der Waals surface area contributed by atoms with E-state index in [1.807, 2.05) is 0 Å². The Morgan fingerprint density at radius 2 is 1.38 bits per heavy atom. The van der Waals surface area contributed by atoms with Gasteiger partial charge >= 0.3 is 8.60 Å². The molecule has 0 bridgehead atoms. The molecule has 0 aliphatic rings. The van der Waals surface area contributed by atoms with Gasteiger partial charge < -0.3 is 13.9 Å². The summed E-state index contributed by atoms with van der Waals surface area (Å²) in [7, 11) is -1.60. The molecule has 13 heavy (non-hydrogen) atoms. The Bertz CT molecular complexity index is 85.5. The Kier molecular flexibility index (Phi) is 15.1. The largest absolute Gasteiger partial charge is 0.329 e. The summed E-state index contributed by atoms with van der Waals surface area (Å²) in [6.45, 7) is 5.37. The molecule has 0 atom stereocenters. The van der Waals surface area contributed by atoms with Crippen molar-refractivity contribution in [1.29, 1.82) is 0 Å². The van der Waals surface area contributed by atoms with Crippen LogP contribution in [0.1, 0.15) is 39.5 Å². The first-order valence-electron chi connectivity index (χ1n) is 4.56. The average Bonchev–Trinajstić information content (AvgIpc) is 2.06. The van der Waals surface area contributed by atoms with E-state index in [0.717, 1.165) is 25.7 Å². The lowest BCUT2D eigenvalue weighted by Crippen LogP contribution is -1.94. The molecule has 0 amide bonds. The van der Waals surface area contributed by atoms with Crippen LogP contribution in [0.3, 0.4) is 0 Å². The van der Waals surface area contributed by atoms with Crippen LogP contribution in [-0.2, 0) is 9.05 Å². The van der Waals surface area contributed by atoms with Crippen LogP contribution in [0, 0.1) is 0 Å². The summed E-state index contributed by atoms with van der Waals surface area (Å²) >= 11 is 0. The van der Waals surface area contributed by atoms with Gasteiger partial charge in [0, 0.05) is 0 Å². The van der Waals surface area contributed by atoms with Crippen LogP contribution in [0.2, 0.25) is 0 Å². The lowest BCUT2D eigenvalue weighted by atomic mass is 10.4. The monoisotopic (exact) mass is 208 g/mol. The zero-order valence-electron chi connectivity index (χ0n) is 7.95. The van der Waals surface area contributed by atoms with Crippen LogP contribution >= 0.6 is 8.60 Å². The Labute approximate surface area is 84.4 Å². The van der Waals surface area contributed by atoms with E-state index >= 15 is 0 Å². The van der Waals surface area contributed by atoms with Gasteiger partial charge in [0.15, 0.2) is 0 Å². The maximum absolute atomic E-state index is 9.12. The van der Waals surface area contributed by atoms with Gasteiger partial charge in [-0.25, -0.2) is 0 Å². The molecule has 0 spiro atoms. The fourth-order valence-corrected chi connectivity index (χ4v) is 1.26. The zero-order chi connectivity index (χ0) is 9.23. The smallest absolute Gasteiger partial charge is 0.328 e. The highest BCUT2D eigenvalue weighted by Gasteiger charge is 2.04. The molecule has 0 aliphatic heterocycles. The van der Waals surface area contributed by atoms with E-state index < -0.39 is 8.60 Å². The van der Waals surface area contributed by atoms with Crippen molar-refractivity contribution in [3.63, 3.8) is 0 Å². The van der Waals surface area contributed by atoms with Crippen molar-refractivity contribution in [2.45, 2.75) is 39.5 Å². The summed E-state index contributed by atoms with van der Waals surface area (Å²) in [5, 5.41) is 0. The van der Waals surface area contributed by atoms with Crippen LogP contribution in [0.4, 0.5) is 0 Å². The molecule has 3 nitrogen and oxygen atoms in total.